The normalized spacial score (nSPS) is 15.5. The number of benzene rings is 1. The molecular weight excluding hydrogens is 295 g/mol. The molecule has 1 aliphatic rings. The number of aliphatic imine (C=N–C) groups is 1. The van der Waals surface area contributed by atoms with Crippen LogP contribution >= 0.6 is 0 Å². The fourth-order valence-corrected chi connectivity index (χ4v) is 2.49. The Labute approximate surface area is 137 Å². The third-order valence-corrected chi connectivity index (χ3v) is 3.93. The van der Waals surface area contributed by atoms with E-state index in [4.69, 9.17) is 0 Å². The average molecular weight is 320 g/mol. The molecule has 1 aromatic rings. The quantitative estimate of drug-likeness (QED) is 0.643. The molecule has 23 heavy (non-hydrogen) atoms. The van der Waals surface area contributed by atoms with Gasteiger partial charge in [0.2, 0.25) is 5.91 Å². The summed E-state index contributed by atoms with van der Waals surface area (Å²) >= 11 is 0. The van der Waals surface area contributed by atoms with Crippen LogP contribution in [0.3, 0.4) is 0 Å². The van der Waals surface area contributed by atoms with Gasteiger partial charge in [0.05, 0.1) is 13.1 Å². The monoisotopic (exact) mass is 320 g/mol. The van der Waals surface area contributed by atoms with E-state index in [-0.39, 0.29) is 18.3 Å². The molecule has 1 fully saturated rings. The van der Waals surface area contributed by atoms with Crippen LogP contribution in [0.2, 0.25) is 0 Å². The van der Waals surface area contributed by atoms with Crippen molar-refractivity contribution >= 4 is 11.9 Å². The third-order valence-electron chi connectivity index (χ3n) is 3.93. The highest BCUT2D eigenvalue weighted by atomic mass is 19.1. The van der Waals surface area contributed by atoms with Crippen LogP contribution in [0.1, 0.15) is 31.2 Å². The lowest BCUT2D eigenvalue weighted by molar-refractivity contribution is -0.127. The maximum Gasteiger partial charge on any atom is 0.241 e. The molecule has 6 heteroatoms. The number of nitrogens with one attached hydrogen (secondary N) is 2. The number of halogens is 1. The summed E-state index contributed by atoms with van der Waals surface area (Å²) in [5, 5.41) is 6.47. The molecule has 126 valence electrons. The molecule has 0 aliphatic heterocycles. The van der Waals surface area contributed by atoms with Crippen molar-refractivity contribution in [1.29, 1.82) is 0 Å². The molecule has 0 aromatic heterocycles. The second-order valence-electron chi connectivity index (χ2n) is 6.06. The summed E-state index contributed by atoms with van der Waals surface area (Å²) in [6, 6.07) is 6.70. The van der Waals surface area contributed by atoms with Gasteiger partial charge in [-0.3, -0.25) is 4.79 Å². The van der Waals surface area contributed by atoms with Crippen molar-refractivity contribution in [3.63, 3.8) is 0 Å². The number of amides is 1. The highest BCUT2D eigenvalue weighted by molar-refractivity contribution is 5.86. The van der Waals surface area contributed by atoms with E-state index in [9.17, 15) is 9.18 Å². The van der Waals surface area contributed by atoms with E-state index in [2.05, 4.69) is 15.6 Å². The van der Waals surface area contributed by atoms with Crippen molar-refractivity contribution in [3.8, 4) is 0 Å². The highest BCUT2D eigenvalue weighted by Gasteiger charge is 2.16. The maximum absolute atomic E-state index is 12.9. The van der Waals surface area contributed by atoms with E-state index in [0.717, 1.165) is 18.4 Å². The van der Waals surface area contributed by atoms with Gasteiger partial charge in [0.25, 0.3) is 0 Å². The van der Waals surface area contributed by atoms with Crippen molar-refractivity contribution in [2.24, 2.45) is 4.99 Å². The van der Waals surface area contributed by atoms with E-state index in [1.165, 1.54) is 25.0 Å². The second kappa shape index (κ2) is 8.50. The first kappa shape index (κ1) is 17.2. The zero-order valence-electron chi connectivity index (χ0n) is 13.8. The second-order valence-corrected chi connectivity index (χ2v) is 6.06. The van der Waals surface area contributed by atoms with Gasteiger partial charge in [-0.05, 0) is 30.5 Å². The van der Waals surface area contributed by atoms with Crippen molar-refractivity contribution in [3.05, 3.63) is 35.6 Å². The fraction of sp³-hybridized carbons (Fsp3) is 0.529. The van der Waals surface area contributed by atoms with Crippen LogP contribution in [-0.2, 0) is 11.3 Å². The molecule has 0 atom stereocenters. The number of nitrogens with zero attached hydrogens (tertiary/aromatic N) is 2. The molecule has 0 heterocycles. The van der Waals surface area contributed by atoms with Crippen LogP contribution in [-0.4, -0.2) is 43.4 Å². The van der Waals surface area contributed by atoms with Gasteiger partial charge in [0.1, 0.15) is 5.82 Å². The van der Waals surface area contributed by atoms with E-state index in [1.807, 2.05) is 0 Å². The minimum absolute atomic E-state index is 0.00676. The number of guanidine groups is 1. The smallest absolute Gasteiger partial charge is 0.241 e. The Morgan fingerprint density at radius 2 is 1.91 bits per heavy atom. The van der Waals surface area contributed by atoms with Crippen molar-refractivity contribution < 1.29 is 9.18 Å². The predicted molar refractivity (Wildman–Crippen MR) is 89.6 cm³/mol. The fourth-order valence-electron chi connectivity index (χ4n) is 2.49. The number of rotatable bonds is 5. The largest absolute Gasteiger partial charge is 0.354 e. The molecule has 5 nitrogen and oxygen atoms in total. The summed E-state index contributed by atoms with van der Waals surface area (Å²) < 4.78 is 12.9. The highest BCUT2D eigenvalue weighted by Crippen LogP contribution is 2.17. The topological polar surface area (TPSA) is 56.7 Å². The minimum atomic E-state index is -0.253. The lowest BCUT2D eigenvalue weighted by Gasteiger charge is -2.18. The van der Waals surface area contributed by atoms with Crippen molar-refractivity contribution in [2.45, 2.75) is 38.3 Å². The molecule has 1 aromatic carbocycles. The van der Waals surface area contributed by atoms with Crippen LogP contribution < -0.4 is 10.6 Å². The maximum atomic E-state index is 12.9. The lowest BCUT2D eigenvalue weighted by atomic mass is 10.2. The number of hydrogen-bond donors (Lipinski definition) is 2. The summed E-state index contributed by atoms with van der Waals surface area (Å²) in [6.07, 6.45) is 4.69. The average Bonchev–Trinajstić information content (AvgIpc) is 3.04. The van der Waals surface area contributed by atoms with E-state index >= 15 is 0 Å². The molecule has 2 N–H and O–H groups in total. The summed E-state index contributed by atoms with van der Waals surface area (Å²) in [6.45, 7) is 0.646. The standard InChI is InChI=1S/C17H25FN4O/c1-22(2)16(23)12-20-17(21-15-5-3-4-6-15)19-11-13-7-9-14(18)10-8-13/h7-10,15H,3-6,11-12H2,1-2H3,(H2,19,20,21). The van der Waals surface area contributed by atoms with Crippen LogP contribution in [0.25, 0.3) is 0 Å². The first-order valence-electron chi connectivity index (χ1n) is 8.04. The zero-order chi connectivity index (χ0) is 16.7. The Morgan fingerprint density at radius 3 is 2.52 bits per heavy atom. The molecule has 0 unspecified atom stereocenters. The van der Waals surface area contributed by atoms with E-state index in [0.29, 0.717) is 18.5 Å². The Hall–Kier alpha value is -2.11. The Kier molecular flexibility index (Phi) is 6.38. The van der Waals surface area contributed by atoms with Crippen LogP contribution in [0.5, 0.6) is 0 Å². The lowest BCUT2D eigenvalue weighted by Crippen LogP contribution is -2.46. The van der Waals surface area contributed by atoms with Crippen molar-refractivity contribution in [1.82, 2.24) is 15.5 Å². The van der Waals surface area contributed by atoms with Gasteiger partial charge in [0.15, 0.2) is 5.96 Å². The van der Waals surface area contributed by atoms with Gasteiger partial charge < -0.3 is 15.5 Å². The summed E-state index contributed by atoms with van der Waals surface area (Å²) in [5.74, 6) is 0.376. The first-order chi connectivity index (χ1) is 11.0. The number of carbonyl (C=O) groups is 1. The molecule has 1 aliphatic carbocycles. The SMILES string of the molecule is CN(C)C(=O)CNC(=NCc1ccc(F)cc1)NC1CCCC1. The van der Waals surface area contributed by atoms with Crippen LogP contribution in [0.15, 0.2) is 29.3 Å². The molecule has 0 bridgehead atoms. The minimum Gasteiger partial charge on any atom is -0.354 e. The number of hydrogen-bond acceptors (Lipinski definition) is 2. The molecule has 0 spiro atoms. The summed E-state index contributed by atoms with van der Waals surface area (Å²) in [5.41, 5.74) is 0.929. The van der Waals surface area contributed by atoms with Crippen molar-refractivity contribution in [2.75, 3.05) is 20.6 Å². The first-order valence-corrected chi connectivity index (χ1v) is 8.04. The zero-order valence-corrected chi connectivity index (χ0v) is 13.8. The van der Waals surface area contributed by atoms with Gasteiger partial charge in [-0.1, -0.05) is 25.0 Å². The Morgan fingerprint density at radius 1 is 1.26 bits per heavy atom. The van der Waals surface area contributed by atoms with Crippen LogP contribution in [0, 0.1) is 5.82 Å². The van der Waals surface area contributed by atoms with Gasteiger partial charge in [0, 0.05) is 20.1 Å². The number of carbonyl (C=O) groups excluding carboxylic acids is 1. The summed E-state index contributed by atoms with van der Waals surface area (Å²) in [4.78, 5) is 17.8. The molecule has 1 amide bonds. The third kappa shape index (κ3) is 5.88. The Bertz CT molecular complexity index is 536. The molecule has 0 saturated heterocycles. The molecular formula is C17H25FN4O. The van der Waals surface area contributed by atoms with Gasteiger partial charge in [-0.15, -0.1) is 0 Å². The van der Waals surface area contributed by atoms with Gasteiger partial charge >= 0.3 is 0 Å². The van der Waals surface area contributed by atoms with E-state index in [1.54, 1.807) is 31.1 Å². The predicted octanol–water partition coefficient (Wildman–Crippen LogP) is 1.89. The van der Waals surface area contributed by atoms with E-state index < -0.39 is 0 Å². The van der Waals surface area contributed by atoms with Gasteiger partial charge in [-0.2, -0.15) is 0 Å². The molecule has 1 saturated carbocycles. The molecule has 2 rings (SSSR count). The van der Waals surface area contributed by atoms with Crippen LogP contribution in [0.4, 0.5) is 4.39 Å². The summed E-state index contributed by atoms with van der Waals surface area (Å²) in [7, 11) is 3.45. The van der Waals surface area contributed by atoms with Gasteiger partial charge in [-0.25, -0.2) is 9.38 Å². The Balaban J connectivity index is 1.97. The molecule has 0 radical (unpaired) electrons. The number of likely N-dealkylation sites (N-methyl/N-ethyl adjacent to an activating group) is 1.